The van der Waals surface area contributed by atoms with Crippen molar-refractivity contribution in [3.63, 3.8) is 0 Å². The fraction of sp³-hybridized carbons (Fsp3) is 0.125. The number of esters is 1. The summed E-state index contributed by atoms with van der Waals surface area (Å²) in [6.07, 6.45) is -1.28. The lowest BCUT2D eigenvalue weighted by Crippen LogP contribution is -2.30. The van der Waals surface area contributed by atoms with E-state index in [2.05, 4.69) is 5.32 Å². The largest absolute Gasteiger partial charge is 0.449 e. The summed E-state index contributed by atoms with van der Waals surface area (Å²) in [5, 5.41) is 7.53. The predicted octanol–water partition coefficient (Wildman–Crippen LogP) is 2.31. The summed E-state index contributed by atoms with van der Waals surface area (Å²) in [6.45, 7) is 1.28. The van der Waals surface area contributed by atoms with Gasteiger partial charge in [0.05, 0.1) is 10.5 Å². The molecular formula is C16H14ClFN2O5S. The van der Waals surface area contributed by atoms with Crippen molar-refractivity contribution < 1.29 is 27.1 Å². The van der Waals surface area contributed by atoms with Crippen LogP contribution in [0.1, 0.15) is 17.3 Å². The molecule has 1 amide bonds. The molecule has 0 saturated heterocycles. The molecule has 138 valence electrons. The van der Waals surface area contributed by atoms with Crippen molar-refractivity contribution in [2.24, 2.45) is 5.14 Å². The molecule has 10 heteroatoms. The van der Waals surface area contributed by atoms with E-state index in [1.807, 2.05) is 0 Å². The average molecular weight is 401 g/mol. The number of amides is 1. The minimum atomic E-state index is -3.94. The molecule has 1 atom stereocenters. The van der Waals surface area contributed by atoms with E-state index in [9.17, 15) is 22.4 Å². The third-order valence-corrected chi connectivity index (χ3v) is 4.38. The summed E-state index contributed by atoms with van der Waals surface area (Å²) < 4.78 is 41.2. The van der Waals surface area contributed by atoms with Crippen molar-refractivity contribution in [2.45, 2.75) is 17.9 Å². The van der Waals surface area contributed by atoms with Gasteiger partial charge in [-0.1, -0.05) is 17.7 Å². The van der Waals surface area contributed by atoms with E-state index in [-0.39, 0.29) is 15.6 Å². The molecule has 0 aliphatic rings. The number of benzene rings is 2. The highest BCUT2D eigenvalue weighted by Gasteiger charge is 2.22. The average Bonchev–Trinajstić information content (AvgIpc) is 2.56. The quantitative estimate of drug-likeness (QED) is 0.747. The predicted molar refractivity (Wildman–Crippen MR) is 92.7 cm³/mol. The van der Waals surface area contributed by atoms with Gasteiger partial charge < -0.3 is 10.1 Å². The Bertz CT molecular complexity index is 965. The molecule has 0 fully saturated rings. The van der Waals surface area contributed by atoms with Crippen molar-refractivity contribution in [3.8, 4) is 0 Å². The van der Waals surface area contributed by atoms with Gasteiger partial charge in [-0.2, -0.15) is 0 Å². The summed E-state index contributed by atoms with van der Waals surface area (Å²) in [5.74, 6) is -2.65. The van der Waals surface area contributed by atoms with E-state index in [1.54, 1.807) is 0 Å². The van der Waals surface area contributed by atoms with Gasteiger partial charge in [0, 0.05) is 10.7 Å². The lowest BCUT2D eigenvalue weighted by atomic mass is 10.2. The number of hydrogen-bond donors (Lipinski definition) is 2. The molecular weight excluding hydrogens is 387 g/mol. The fourth-order valence-electron chi connectivity index (χ4n) is 1.93. The smallest absolute Gasteiger partial charge is 0.341 e. The van der Waals surface area contributed by atoms with Gasteiger partial charge >= 0.3 is 5.97 Å². The first-order valence-corrected chi connectivity index (χ1v) is 9.10. The highest BCUT2D eigenvalue weighted by molar-refractivity contribution is 7.89. The molecule has 2 aromatic carbocycles. The van der Waals surface area contributed by atoms with Crippen LogP contribution in [0.2, 0.25) is 5.02 Å². The standard InChI is InChI=1S/C16H14ClFN2O5S/c1-9(25-16(22)13-7-10(17)5-6-14(13)18)15(21)20-11-3-2-4-12(8-11)26(19,23)24/h2-9H,1H3,(H,20,21)(H2,19,23,24)/t9-/m0/s1. The van der Waals surface area contributed by atoms with Crippen LogP contribution in [-0.4, -0.2) is 26.4 Å². The summed E-state index contributed by atoms with van der Waals surface area (Å²) in [4.78, 5) is 23.9. The molecule has 0 bridgehead atoms. The van der Waals surface area contributed by atoms with Crippen LogP contribution in [0.4, 0.5) is 10.1 Å². The zero-order chi connectivity index (χ0) is 19.5. The van der Waals surface area contributed by atoms with Crippen molar-refractivity contribution >= 4 is 39.2 Å². The Hall–Kier alpha value is -2.49. The van der Waals surface area contributed by atoms with E-state index in [0.29, 0.717) is 0 Å². The van der Waals surface area contributed by atoms with E-state index in [4.69, 9.17) is 21.5 Å². The Morgan fingerprint density at radius 3 is 2.58 bits per heavy atom. The molecule has 2 rings (SSSR count). The number of nitrogens with two attached hydrogens (primary N) is 1. The summed E-state index contributed by atoms with van der Waals surface area (Å²) >= 11 is 5.71. The van der Waals surface area contributed by atoms with Crippen molar-refractivity contribution in [2.75, 3.05) is 5.32 Å². The van der Waals surface area contributed by atoms with Gasteiger partial charge in [0.25, 0.3) is 5.91 Å². The Labute approximate surface area is 154 Å². The number of carbonyl (C=O) groups is 2. The first kappa shape index (κ1) is 19.8. The molecule has 26 heavy (non-hydrogen) atoms. The van der Waals surface area contributed by atoms with Crippen molar-refractivity contribution in [1.82, 2.24) is 0 Å². The third-order valence-electron chi connectivity index (χ3n) is 3.23. The van der Waals surface area contributed by atoms with Gasteiger partial charge in [-0.05, 0) is 43.3 Å². The second-order valence-electron chi connectivity index (χ2n) is 5.23. The molecule has 2 aromatic rings. The topological polar surface area (TPSA) is 116 Å². The van der Waals surface area contributed by atoms with Crippen molar-refractivity contribution in [1.29, 1.82) is 0 Å². The maximum atomic E-state index is 13.6. The fourth-order valence-corrected chi connectivity index (χ4v) is 2.66. The molecule has 3 N–H and O–H groups in total. The number of anilines is 1. The Morgan fingerprint density at radius 1 is 1.23 bits per heavy atom. The van der Waals surface area contributed by atoms with E-state index in [1.165, 1.54) is 31.2 Å². The van der Waals surface area contributed by atoms with Crippen LogP contribution >= 0.6 is 11.6 Å². The second kappa shape index (κ2) is 7.81. The third kappa shape index (κ3) is 5.01. The molecule has 0 aromatic heterocycles. The second-order valence-corrected chi connectivity index (χ2v) is 7.23. The van der Waals surface area contributed by atoms with Crippen LogP contribution in [0, 0.1) is 5.82 Å². The molecule has 7 nitrogen and oxygen atoms in total. The SMILES string of the molecule is C[C@H](OC(=O)c1cc(Cl)ccc1F)C(=O)Nc1cccc(S(N)(=O)=O)c1. The van der Waals surface area contributed by atoms with Gasteiger partial charge in [0.2, 0.25) is 10.0 Å². The van der Waals surface area contributed by atoms with Crippen molar-refractivity contribution in [3.05, 3.63) is 58.9 Å². The molecule has 0 spiro atoms. The number of nitrogens with one attached hydrogen (secondary N) is 1. The lowest BCUT2D eigenvalue weighted by Gasteiger charge is -2.14. The Morgan fingerprint density at radius 2 is 1.92 bits per heavy atom. The summed E-state index contributed by atoms with van der Waals surface area (Å²) in [5.41, 5.74) is -0.272. The highest BCUT2D eigenvalue weighted by Crippen LogP contribution is 2.18. The van der Waals surface area contributed by atoms with E-state index >= 15 is 0 Å². The highest BCUT2D eigenvalue weighted by atomic mass is 35.5. The number of halogens is 2. The summed E-state index contributed by atoms with van der Waals surface area (Å²) in [6, 6.07) is 8.57. The van der Waals surface area contributed by atoms with Gasteiger partial charge in [0.15, 0.2) is 6.10 Å². The molecule has 0 aliphatic heterocycles. The number of hydrogen-bond acceptors (Lipinski definition) is 5. The molecule has 0 radical (unpaired) electrons. The van der Waals surface area contributed by atoms with Gasteiger partial charge in [-0.3, -0.25) is 4.79 Å². The first-order chi connectivity index (χ1) is 12.1. The van der Waals surface area contributed by atoms with E-state index < -0.39 is 39.4 Å². The normalized spacial score (nSPS) is 12.3. The molecule has 0 heterocycles. The Kier molecular flexibility index (Phi) is 5.96. The minimum absolute atomic E-state index is 0.135. The van der Waals surface area contributed by atoms with Gasteiger partial charge in [-0.25, -0.2) is 22.7 Å². The zero-order valence-corrected chi connectivity index (χ0v) is 15.0. The number of primary sulfonamides is 1. The minimum Gasteiger partial charge on any atom is -0.449 e. The maximum Gasteiger partial charge on any atom is 0.341 e. The van der Waals surface area contributed by atoms with Gasteiger partial charge in [-0.15, -0.1) is 0 Å². The first-order valence-electron chi connectivity index (χ1n) is 7.17. The number of carbonyl (C=O) groups excluding carboxylic acids is 2. The van der Waals surface area contributed by atoms with Crippen LogP contribution in [0.25, 0.3) is 0 Å². The zero-order valence-electron chi connectivity index (χ0n) is 13.4. The summed E-state index contributed by atoms with van der Waals surface area (Å²) in [7, 11) is -3.94. The van der Waals surface area contributed by atoms with Crippen LogP contribution in [0.15, 0.2) is 47.4 Å². The van der Waals surface area contributed by atoms with Gasteiger partial charge in [0.1, 0.15) is 5.82 Å². The Balaban J connectivity index is 2.08. The number of rotatable bonds is 5. The van der Waals surface area contributed by atoms with Crippen LogP contribution in [0.5, 0.6) is 0 Å². The van der Waals surface area contributed by atoms with Crippen LogP contribution in [0.3, 0.4) is 0 Å². The van der Waals surface area contributed by atoms with Crippen LogP contribution in [-0.2, 0) is 19.6 Å². The monoisotopic (exact) mass is 400 g/mol. The lowest BCUT2D eigenvalue weighted by molar-refractivity contribution is -0.123. The van der Waals surface area contributed by atoms with Crippen LogP contribution < -0.4 is 10.5 Å². The van der Waals surface area contributed by atoms with E-state index in [0.717, 1.165) is 18.2 Å². The molecule has 0 unspecified atom stereocenters. The maximum absolute atomic E-state index is 13.6. The number of ether oxygens (including phenoxy) is 1. The molecule has 0 saturated carbocycles. The molecule has 0 aliphatic carbocycles. The number of sulfonamides is 1.